The minimum absolute atomic E-state index is 0.0183. The molecule has 19 heteroatoms. The molecule has 0 aromatic rings. The molecule has 0 aliphatic rings. The number of carbonyl (C=O) groups is 4. The van der Waals surface area contributed by atoms with E-state index in [-0.39, 0.29) is 25.7 Å². The van der Waals surface area contributed by atoms with Gasteiger partial charge in [0.15, 0.2) is 12.2 Å². The van der Waals surface area contributed by atoms with Crippen molar-refractivity contribution < 1.29 is 80.2 Å². The predicted molar refractivity (Wildman–Crippen MR) is 436 cm³/mol. The van der Waals surface area contributed by atoms with Gasteiger partial charge >= 0.3 is 39.5 Å². The highest BCUT2D eigenvalue weighted by Crippen LogP contribution is 2.45. The number of hydrogen-bond donors (Lipinski definition) is 3. The van der Waals surface area contributed by atoms with Crippen LogP contribution in [-0.4, -0.2) is 96.7 Å². The molecule has 0 heterocycles. The number of esters is 4. The second-order valence-electron chi connectivity index (χ2n) is 27.0. The molecule has 0 aromatic heterocycles. The van der Waals surface area contributed by atoms with Crippen LogP contribution in [0, 0.1) is 0 Å². The molecule has 0 rings (SSSR count). The van der Waals surface area contributed by atoms with Gasteiger partial charge in [-0.25, -0.2) is 9.13 Å². The lowest BCUT2D eigenvalue weighted by molar-refractivity contribution is -0.161. The topological polar surface area (TPSA) is 237 Å². The van der Waals surface area contributed by atoms with Gasteiger partial charge in [-0.15, -0.1) is 0 Å². The van der Waals surface area contributed by atoms with Crippen molar-refractivity contribution in [2.45, 2.75) is 341 Å². The third kappa shape index (κ3) is 77.1. The van der Waals surface area contributed by atoms with Crippen LogP contribution in [0.25, 0.3) is 0 Å². The number of phosphoric ester groups is 2. The maximum Gasteiger partial charge on any atom is 0.472 e. The largest absolute Gasteiger partial charge is 0.472 e. The van der Waals surface area contributed by atoms with Gasteiger partial charge in [0.05, 0.1) is 26.4 Å². The van der Waals surface area contributed by atoms with E-state index in [1.165, 1.54) is 103 Å². The van der Waals surface area contributed by atoms with Crippen molar-refractivity contribution in [2.75, 3.05) is 39.6 Å². The summed E-state index contributed by atoms with van der Waals surface area (Å²) in [5, 5.41) is 10.6. The first-order chi connectivity index (χ1) is 51.7. The molecule has 0 saturated heterocycles. The zero-order chi connectivity index (χ0) is 77.4. The Labute approximate surface area is 643 Å². The number of carbonyl (C=O) groups excluding carboxylic acids is 4. The van der Waals surface area contributed by atoms with Gasteiger partial charge in [0, 0.05) is 25.7 Å². The molecule has 0 spiro atoms. The fraction of sp³-hybridized carbons (Fsp3) is 0.678. The van der Waals surface area contributed by atoms with Crippen LogP contribution in [-0.2, 0) is 65.4 Å². The van der Waals surface area contributed by atoms with Crippen molar-refractivity contribution in [3.05, 3.63) is 146 Å². The van der Waals surface area contributed by atoms with Gasteiger partial charge in [-0.1, -0.05) is 289 Å². The van der Waals surface area contributed by atoms with E-state index in [0.29, 0.717) is 38.5 Å². The van der Waals surface area contributed by atoms with Gasteiger partial charge < -0.3 is 33.8 Å². The Kier molecular flexibility index (Phi) is 74.3. The van der Waals surface area contributed by atoms with Crippen molar-refractivity contribution in [2.24, 2.45) is 0 Å². The van der Waals surface area contributed by atoms with Crippen molar-refractivity contribution in [3.8, 4) is 0 Å². The van der Waals surface area contributed by atoms with E-state index >= 15 is 0 Å². The third-order valence-corrected chi connectivity index (χ3v) is 18.7. The Bertz CT molecular complexity index is 2580. The van der Waals surface area contributed by atoms with Crippen molar-refractivity contribution in [1.29, 1.82) is 0 Å². The number of aliphatic hydroxyl groups is 1. The molecule has 0 saturated carbocycles. The molecule has 0 bridgehead atoms. The van der Waals surface area contributed by atoms with Crippen LogP contribution in [0.15, 0.2) is 146 Å². The lowest BCUT2D eigenvalue weighted by Crippen LogP contribution is -2.30. The monoisotopic (exact) mass is 1530 g/mol. The summed E-state index contributed by atoms with van der Waals surface area (Å²) in [4.78, 5) is 73.0. The van der Waals surface area contributed by atoms with Crippen LogP contribution in [0.1, 0.15) is 323 Å². The molecule has 0 aromatic carbocycles. The average molecular weight is 1530 g/mol. The summed E-state index contributed by atoms with van der Waals surface area (Å²) < 4.78 is 68.5. The van der Waals surface area contributed by atoms with Crippen LogP contribution in [0.2, 0.25) is 0 Å². The molecule has 0 radical (unpaired) electrons. The zero-order valence-electron chi connectivity index (χ0n) is 66.3. The molecule has 0 aliphatic heterocycles. The molecule has 0 fully saturated rings. The van der Waals surface area contributed by atoms with E-state index in [9.17, 15) is 43.2 Å². The normalized spacial score (nSPS) is 14.6. The molecule has 17 nitrogen and oxygen atoms in total. The summed E-state index contributed by atoms with van der Waals surface area (Å²) in [5.41, 5.74) is 0. The second kappa shape index (κ2) is 78.1. The van der Waals surface area contributed by atoms with Crippen LogP contribution >= 0.6 is 15.6 Å². The highest BCUT2D eigenvalue weighted by atomic mass is 31.2. The van der Waals surface area contributed by atoms with Gasteiger partial charge in [-0.3, -0.25) is 37.3 Å². The summed E-state index contributed by atoms with van der Waals surface area (Å²) in [6, 6.07) is 0. The quantitative estimate of drug-likeness (QED) is 0.0169. The summed E-state index contributed by atoms with van der Waals surface area (Å²) in [7, 11) is -10.0. The van der Waals surface area contributed by atoms with Gasteiger partial charge in [-0.2, -0.15) is 0 Å². The molecule has 606 valence electrons. The lowest BCUT2D eigenvalue weighted by Gasteiger charge is -2.21. The first-order valence-corrected chi connectivity index (χ1v) is 44.1. The van der Waals surface area contributed by atoms with E-state index in [0.717, 1.165) is 128 Å². The summed E-state index contributed by atoms with van der Waals surface area (Å²) in [6.07, 6.45) is 89.9. The molecule has 3 N–H and O–H groups in total. The number of aliphatic hydroxyl groups excluding tert-OH is 1. The Morgan fingerprint density at radius 3 is 0.811 bits per heavy atom. The van der Waals surface area contributed by atoms with E-state index in [2.05, 4.69) is 137 Å². The summed E-state index contributed by atoms with van der Waals surface area (Å²) in [5.74, 6) is -2.38. The molecule has 106 heavy (non-hydrogen) atoms. The van der Waals surface area contributed by atoms with Gasteiger partial charge in [0.2, 0.25) is 0 Å². The lowest BCUT2D eigenvalue weighted by atomic mass is 10.1. The average Bonchev–Trinajstić information content (AvgIpc) is 0.903. The number of unbranched alkanes of at least 4 members (excludes halogenated alkanes) is 26. The van der Waals surface area contributed by atoms with Gasteiger partial charge in [-0.05, 0) is 154 Å². The standard InChI is InChI=1S/C87H146O17P2/c1-5-9-13-17-21-25-29-33-36-38-40-42-45-49-52-56-60-64-68-72-85(90)98-78-83(104-87(92)74-70-66-62-58-54-50-46-43-41-39-37-34-30-26-22-18-14-10-6-2)80-102-106(95,96)100-76-81(88)75-99-105(93,94)101-79-82(103-86(91)73-69-65-61-57-53-47-32-28-24-20-16-12-8-4)77-97-84(89)71-67-63-59-55-51-48-44-35-31-27-23-19-15-11-7-3/h21-22,25-28,31-34,36-37,40-43,49-50,52,54,60,62,64,66,81-83,88H,5-20,23-24,29-30,35,38-39,44-48,51,53,55-59,61,63,65,67-80H2,1-4H3,(H,93,94)(H,95,96)/b25-21-,26-22-,31-27-,32-28-,36-33-,37-34-,42-40-,43-41-,52-49-,54-50-,64-60-,66-62-/t81-,82+,83+/m0/s1. The molecular formula is C87H146O17P2. The first-order valence-electron chi connectivity index (χ1n) is 41.1. The van der Waals surface area contributed by atoms with E-state index in [4.69, 9.17) is 37.0 Å². The number of allylic oxidation sites excluding steroid dienone is 24. The first kappa shape index (κ1) is 101. The van der Waals surface area contributed by atoms with Crippen LogP contribution in [0.4, 0.5) is 0 Å². The number of rotatable bonds is 76. The fourth-order valence-electron chi connectivity index (χ4n) is 10.5. The minimum Gasteiger partial charge on any atom is -0.462 e. The molecule has 0 aliphatic carbocycles. The number of phosphoric acid groups is 2. The van der Waals surface area contributed by atoms with E-state index < -0.39 is 97.5 Å². The minimum atomic E-state index is -5.02. The zero-order valence-corrected chi connectivity index (χ0v) is 68.1. The van der Waals surface area contributed by atoms with Crippen molar-refractivity contribution in [3.63, 3.8) is 0 Å². The highest BCUT2D eigenvalue weighted by molar-refractivity contribution is 7.47. The van der Waals surface area contributed by atoms with Gasteiger partial charge in [0.1, 0.15) is 19.3 Å². The maximum absolute atomic E-state index is 13.1. The SMILES string of the molecule is CCCCC/C=C\C/C=C\C/C=C\C/C=C\C/C=C\CCC(=O)OC[C@H](COP(=O)(O)OC[C@@H](O)COP(=O)(O)OC[C@@H](COC(=O)CCCCCCCCC/C=C\CCCCCC)OC(=O)CCCCCCC/C=C\CCCCCC)OC(=O)CC/C=C\C/C=C\C/C=C\C/C=C\C/C=C\CCCCC. The highest BCUT2D eigenvalue weighted by Gasteiger charge is 2.30. The van der Waals surface area contributed by atoms with Crippen molar-refractivity contribution in [1.82, 2.24) is 0 Å². The Balaban J connectivity index is 5.51. The van der Waals surface area contributed by atoms with E-state index in [1.807, 2.05) is 36.5 Å². The summed E-state index contributed by atoms with van der Waals surface area (Å²) in [6.45, 7) is 4.62. The Morgan fingerprint density at radius 1 is 0.264 bits per heavy atom. The Morgan fingerprint density at radius 2 is 0.481 bits per heavy atom. The fourth-order valence-corrected chi connectivity index (χ4v) is 12.0. The van der Waals surface area contributed by atoms with Crippen molar-refractivity contribution >= 4 is 39.5 Å². The van der Waals surface area contributed by atoms with Crippen LogP contribution in [0.3, 0.4) is 0 Å². The summed E-state index contributed by atoms with van der Waals surface area (Å²) >= 11 is 0. The Hall–Kier alpha value is -5.06. The number of hydrogen-bond acceptors (Lipinski definition) is 15. The van der Waals surface area contributed by atoms with Gasteiger partial charge in [0.25, 0.3) is 0 Å². The predicted octanol–water partition coefficient (Wildman–Crippen LogP) is 24.2. The van der Waals surface area contributed by atoms with Crippen LogP contribution < -0.4 is 0 Å². The number of ether oxygens (including phenoxy) is 4. The molecule has 2 unspecified atom stereocenters. The van der Waals surface area contributed by atoms with Crippen LogP contribution in [0.5, 0.6) is 0 Å². The van der Waals surface area contributed by atoms with E-state index in [1.54, 1.807) is 0 Å². The molecular weight excluding hydrogens is 1380 g/mol. The second-order valence-corrected chi connectivity index (χ2v) is 29.9. The molecule has 0 amide bonds. The maximum atomic E-state index is 13.1. The molecule has 5 atom stereocenters. The smallest absolute Gasteiger partial charge is 0.462 e. The third-order valence-electron chi connectivity index (χ3n) is 16.8.